The van der Waals surface area contributed by atoms with Crippen LogP contribution in [-0.2, 0) is 25.3 Å². The van der Waals surface area contributed by atoms with E-state index in [2.05, 4.69) is 96.2 Å². The van der Waals surface area contributed by atoms with Crippen molar-refractivity contribution in [3.05, 3.63) is 0 Å². The van der Waals surface area contributed by atoms with Crippen LogP contribution in [0.3, 0.4) is 0 Å². The summed E-state index contributed by atoms with van der Waals surface area (Å²) < 4.78 is 1.28. The molecule has 0 saturated heterocycles. The average Bonchev–Trinajstić information content (AvgIpc) is 2.27. The second-order valence-electron chi connectivity index (χ2n) is 1.98. The monoisotopic (exact) mass is 372 g/mol. The molecule has 0 spiro atoms. The van der Waals surface area contributed by atoms with Crippen LogP contribution in [0, 0.1) is 0 Å². The van der Waals surface area contributed by atoms with Gasteiger partial charge in [-0.15, -0.1) is 12.6 Å². The molecule has 11 heteroatoms. The molecule has 102 valence electrons. The van der Waals surface area contributed by atoms with Gasteiger partial charge in [-0.2, -0.15) is 0 Å². The molecule has 0 unspecified atom stereocenters. The van der Waals surface area contributed by atoms with Gasteiger partial charge in [0.2, 0.25) is 0 Å². The summed E-state index contributed by atoms with van der Waals surface area (Å²) in [6, 6.07) is 0. The van der Waals surface area contributed by atoms with Crippen LogP contribution in [0.25, 0.3) is 0 Å². The van der Waals surface area contributed by atoms with Gasteiger partial charge in [0.25, 0.3) is 0 Å². The average molecular weight is 373 g/mol. The predicted octanol–water partition coefficient (Wildman–Crippen LogP) is -0.556. The zero-order valence-electron chi connectivity index (χ0n) is 10.2. The van der Waals surface area contributed by atoms with Gasteiger partial charge in [0.05, 0.1) is 0 Å². The molecule has 0 amide bonds. The number of hydrogen-bond acceptors (Lipinski definition) is 6. The molecule has 0 radical (unpaired) electrons. The number of nitrogens with one attached hydrogen (secondary N) is 3. The fraction of sp³-hybridized carbons (Fsp3) is 0.571. The Morgan fingerprint density at radius 1 is 1.06 bits per heavy atom. The molecule has 0 rings (SSSR count). The van der Waals surface area contributed by atoms with Crippen molar-refractivity contribution in [2.24, 2.45) is 5.73 Å². The van der Waals surface area contributed by atoms with Crippen molar-refractivity contribution < 1.29 is 0 Å². The SMILES string of the molecule is CN.CNC(=S)S.S=C([S-])NCCNC(=S)[S-].[Mg+2]. The molecule has 0 aliphatic rings. The molecule has 4 nitrogen and oxygen atoms in total. The van der Waals surface area contributed by atoms with E-state index in [4.69, 9.17) is 0 Å². The third-order valence-electron chi connectivity index (χ3n) is 0.878. The van der Waals surface area contributed by atoms with Crippen LogP contribution in [0.5, 0.6) is 0 Å². The van der Waals surface area contributed by atoms with E-state index in [9.17, 15) is 0 Å². The van der Waals surface area contributed by atoms with Crippen LogP contribution in [0.4, 0.5) is 0 Å². The Hall–Kier alpha value is 1.19. The molecule has 0 saturated carbocycles. The number of thiocarbonyl (C=S) groups is 3. The van der Waals surface area contributed by atoms with Crippen molar-refractivity contribution >= 4 is 111 Å². The standard InChI is InChI=1S/C4H8N2S4.C2H5NS2.CH5N.Mg/c7-3(8)5-1-2-6-4(9)10;1-3-2(4)5;1-2;/h1-2H2,(H2,5,7,8)(H2,6,9,10);1H3,(H2,3,4,5);2H2,1H3;/q;;;+2/p-2. The number of rotatable bonds is 3. The van der Waals surface area contributed by atoms with E-state index in [0.717, 1.165) is 0 Å². The molecular formula is C7H16MgN4S6. The van der Waals surface area contributed by atoms with Gasteiger partial charge < -0.3 is 71.4 Å². The molecule has 0 heterocycles. The van der Waals surface area contributed by atoms with Gasteiger partial charge in [0.15, 0.2) is 0 Å². The molecular weight excluding hydrogens is 357 g/mol. The van der Waals surface area contributed by atoms with Crippen LogP contribution >= 0.6 is 49.3 Å². The van der Waals surface area contributed by atoms with E-state index in [1.54, 1.807) is 7.05 Å². The molecule has 0 atom stereocenters. The smallest absolute Gasteiger partial charge is 0.412 e. The summed E-state index contributed by atoms with van der Waals surface area (Å²) in [4.78, 5) is 0. The Balaban J connectivity index is -0.000000105. The summed E-state index contributed by atoms with van der Waals surface area (Å²) >= 11 is 26.5. The minimum Gasteiger partial charge on any atom is -0.412 e. The van der Waals surface area contributed by atoms with Crippen molar-refractivity contribution in [1.82, 2.24) is 16.0 Å². The summed E-state index contributed by atoms with van der Waals surface area (Å²) in [5.74, 6) is 0. The Labute approximate surface area is 158 Å². The molecule has 0 aromatic rings. The summed E-state index contributed by atoms with van der Waals surface area (Å²) in [5, 5.41) is 8.18. The van der Waals surface area contributed by atoms with Crippen molar-refractivity contribution in [2.75, 3.05) is 27.2 Å². The molecule has 18 heavy (non-hydrogen) atoms. The topological polar surface area (TPSA) is 62.1 Å². The quantitative estimate of drug-likeness (QED) is 0.147. The van der Waals surface area contributed by atoms with Gasteiger partial charge in [-0.1, -0.05) is 20.9 Å². The van der Waals surface area contributed by atoms with E-state index in [1.807, 2.05) is 0 Å². The van der Waals surface area contributed by atoms with Gasteiger partial charge in [-0.05, 0) is 7.05 Å². The first-order valence-electron chi connectivity index (χ1n) is 4.28. The maximum Gasteiger partial charge on any atom is 2.00 e. The fourth-order valence-corrected chi connectivity index (χ4v) is 0.737. The van der Waals surface area contributed by atoms with Crippen LogP contribution in [0.1, 0.15) is 0 Å². The Bertz CT molecular complexity index is 212. The Kier molecular flexibility index (Phi) is 35.6. The number of thiol groups is 1. The van der Waals surface area contributed by atoms with E-state index in [1.165, 1.54) is 7.05 Å². The van der Waals surface area contributed by atoms with Gasteiger partial charge in [-0.3, -0.25) is 0 Å². The Morgan fingerprint density at radius 2 is 1.28 bits per heavy atom. The third-order valence-corrected chi connectivity index (χ3v) is 1.88. The first kappa shape index (κ1) is 27.5. The van der Waals surface area contributed by atoms with Crippen LogP contribution in [0.2, 0.25) is 0 Å². The number of nitrogens with two attached hydrogens (primary N) is 1. The van der Waals surface area contributed by atoms with Gasteiger partial charge in [0.1, 0.15) is 4.32 Å². The maximum absolute atomic E-state index is 4.59. The van der Waals surface area contributed by atoms with Crippen LogP contribution < -0.4 is 21.7 Å². The molecule has 5 N–H and O–H groups in total. The second kappa shape index (κ2) is 23.3. The van der Waals surface area contributed by atoms with Gasteiger partial charge >= 0.3 is 23.1 Å². The molecule has 0 aliphatic carbocycles. The van der Waals surface area contributed by atoms with Gasteiger partial charge in [-0.25, -0.2) is 0 Å². The van der Waals surface area contributed by atoms with Crippen LogP contribution in [-0.4, -0.2) is 63.2 Å². The summed E-state index contributed by atoms with van der Waals surface area (Å²) in [6.45, 7) is 1.33. The Morgan fingerprint density at radius 3 is 1.39 bits per heavy atom. The minimum absolute atomic E-state index is 0. The zero-order valence-corrected chi connectivity index (χ0v) is 16.6. The maximum atomic E-state index is 4.59. The molecule has 0 aliphatic heterocycles. The predicted molar refractivity (Wildman–Crippen MR) is 102 cm³/mol. The van der Waals surface area contributed by atoms with E-state index >= 15 is 0 Å². The summed E-state index contributed by atoms with van der Waals surface area (Å²) in [5.41, 5.74) is 4.50. The largest absolute Gasteiger partial charge is 2.00 e. The normalized spacial score (nSPS) is 6.89. The summed E-state index contributed by atoms with van der Waals surface area (Å²) in [6.07, 6.45) is 0. The van der Waals surface area contributed by atoms with Crippen molar-refractivity contribution in [3.8, 4) is 0 Å². The molecule has 0 fully saturated rings. The summed E-state index contributed by atoms with van der Waals surface area (Å²) in [7, 11) is 3.23. The zero-order chi connectivity index (χ0) is 14.3. The first-order chi connectivity index (χ1) is 7.90. The second-order valence-corrected chi connectivity index (χ2v) is 5.29. The molecule has 0 aromatic heterocycles. The number of hydrogen-bond donors (Lipinski definition) is 5. The van der Waals surface area contributed by atoms with Crippen molar-refractivity contribution in [1.29, 1.82) is 0 Å². The van der Waals surface area contributed by atoms with Crippen molar-refractivity contribution in [3.63, 3.8) is 0 Å². The van der Waals surface area contributed by atoms with E-state index in [0.29, 0.717) is 26.1 Å². The fourth-order valence-electron chi connectivity index (χ4n) is 0.329. The van der Waals surface area contributed by atoms with Crippen LogP contribution in [0.15, 0.2) is 0 Å². The van der Waals surface area contributed by atoms with Crippen molar-refractivity contribution in [2.45, 2.75) is 0 Å². The van der Waals surface area contributed by atoms with E-state index < -0.39 is 0 Å². The van der Waals surface area contributed by atoms with Gasteiger partial charge in [0, 0.05) is 20.1 Å². The molecule has 0 bridgehead atoms. The molecule has 0 aromatic carbocycles. The first-order valence-corrected chi connectivity index (χ1v) is 6.77. The third kappa shape index (κ3) is 43.4. The minimum atomic E-state index is 0. The van der Waals surface area contributed by atoms with E-state index in [-0.39, 0.29) is 23.1 Å².